The Hall–Kier alpha value is -2.23. The molecule has 0 bridgehead atoms. The van der Waals surface area contributed by atoms with Gasteiger partial charge in [0.1, 0.15) is 5.82 Å². The minimum absolute atomic E-state index is 0.312. The van der Waals surface area contributed by atoms with Crippen molar-refractivity contribution >= 4 is 5.82 Å². The van der Waals surface area contributed by atoms with Crippen LogP contribution in [0.3, 0.4) is 0 Å². The second-order valence-electron chi connectivity index (χ2n) is 4.95. The van der Waals surface area contributed by atoms with Crippen LogP contribution in [0.15, 0.2) is 30.5 Å². The van der Waals surface area contributed by atoms with E-state index in [1.165, 1.54) is 5.56 Å². The van der Waals surface area contributed by atoms with Crippen LogP contribution in [0, 0.1) is 0 Å². The van der Waals surface area contributed by atoms with Gasteiger partial charge in [0.05, 0.1) is 0 Å². The summed E-state index contributed by atoms with van der Waals surface area (Å²) in [5, 5.41) is 0. The van der Waals surface area contributed by atoms with Crippen molar-refractivity contribution in [3.05, 3.63) is 36.0 Å². The molecule has 0 N–H and O–H groups in total. The van der Waals surface area contributed by atoms with E-state index >= 15 is 0 Å². The monoisotopic (exact) mass is 254 g/mol. The van der Waals surface area contributed by atoms with Gasteiger partial charge in [-0.2, -0.15) is 0 Å². The summed E-state index contributed by atoms with van der Waals surface area (Å²) in [6.07, 6.45) is 3.00. The molecule has 2 aromatic rings. The molecule has 0 saturated heterocycles. The average Bonchev–Trinajstić information content (AvgIpc) is 3.04. The Balaban J connectivity index is 1.77. The highest BCUT2D eigenvalue weighted by molar-refractivity contribution is 5.70. The van der Waals surface area contributed by atoms with Crippen LogP contribution < -0.4 is 14.4 Å². The molecule has 4 rings (SSSR count). The lowest BCUT2D eigenvalue weighted by Gasteiger charge is -2.11. The highest BCUT2D eigenvalue weighted by Crippen LogP contribution is 2.37. The van der Waals surface area contributed by atoms with Gasteiger partial charge in [0.2, 0.25) is 6.79 Å². The summed E-state index contributed by atoms with van der Waals surface area (Å²) in [7, 11) is 2.08. The molecule has 19 heavy (non-hydrogen) atoms. The van der Waals surface area contributed by atoms with Crippen LogP contribution in [0.2, 0.25) is 0 Å². The predicted octanol–water partition coefficient (Wildman–Crippen LogP) is 2.47. The van der Waals surface area contributed by atoms with Crippen molar-refractivity contribution in [1.82, 2.24) is 4.98 Å². The van der Waals surface area contributed by atoms with Crippen LogP contribution in [-0.2, 0) is 6.42 Å². The number of hydrogen-bond donors (Lipinski definition) is 0. The Kier molecular flexibility index (Phi) is 2.18. The molecule has 1 aromatic heterocycles. The molecule has 0 saturated carbocycles. The van der Waals surface area contributed by atoms with E-state index < -0.39 is 0 Å². The Morgan fingerprint density at radius 3 is 2.95 bits per heavy atom. The van der Waals surface area contributed by atoms with Crippen molar-refractivity contribution < 1.29 is 9.47 Å². The molecule has 0 radical (unpaired) electrons. The van der Waals surface area contributed by atoms with Gasteiger partial charge in [-0.15, -0.1) is 0 Å². The molecule has 0 atom stereocenters. The summed E-state index contributed by atoms with van der Waals surface area (Å²) in [5.41, 5.74) is 3.57. The molecule has 0 amide bonds. The second kappa shape index (κ2) is 3.88. The molecule has 96 valence electrons. The third-order valence-corrected chi connectivity index (χ3v) is 3.73. The fourth-order valence-electron chi connectivity index (χ4n) is 2.66. The standard InChI is InChI=1S/C15H14N2O2/c1-17-5-4-11-6-12(8-16-15(11)17)10-2-3-13-14(7-10)19-9-18-13/h2-3,6-8H,4-5,9H2,1H3. The molecule has 2 aliphatic rings. The highest BCUT2D eigenvalue weighted by atomic mass is 16.7. The number of benzene rings is 1. The second-order valence-corrected chi connectivity index (χ2v) is 4.95. The average molecular weight is 254 g/mol. The first-order valence-electron chi connectivity index (χ1n) is 6.41. The lowest BCUT2D eigenvalue weighted by molar-refractivity contribution is 0.174. The van der Waals surface area contributed by atoms with Gasteiger partial charge < -0.3 is 14.4 Å². The van der Waals surface area contributed by atoms with Crippen molar-refractivity contribution in [2.45, 2.75) is 6.42 Å². The van der Waals surface area contributed by atoms with Gasteiger partial charge in [0, 0.05) is 25.4 Å². The number of likely N-dealkylation sites (N-methyl/N-ethyl adjacent to an activating group) is 1. The number of fused-ring (bicyclic) bond motifs is 2. The first kappa shape index (κ1) is 10.7. The third-order valence-electron chi connectivity index (χ3n) is 3.73. The number of pyridine rings is 1. The number of nitrogens with zero attached hydrogens (tertiary/aromatic N) is 2. The van der Waals surface area contributed by atoms with Crippen molar-refractivity contribution in [2.24, 2.45) is 0 Å². The maximum absolute atomic E-state index is 5.42. The molecule has 0 fully saturated rings. The van der Waals surface area contributed by atoms with Crippen molar-refractivity contribution in [2.75, 3.05) is 25.3 Å². The van der Waals surface area contributed by atoms with Crippen molar-refractivity contribution in [3.8, 4) is 22.6 Å². The Bertz CT molecular complexity index is 655. The Morgan fingerprint density at radius 1 is 1.11 bits per heavy atom. The Labute approximate surface area is 111 Å². The van der Waals surface area contributed by atoms with E-state index in [4.69, 9.17) is 9.47 Å². The summed E-state index contributed by atoms with van der Waals surface area (Å²) in [5.74, 6) is 2.73. The molecule has 4 nitrogen and oxygen atoms in total. The van der Waals surface area contributed by atoms with Crippen molar-refractivity contribution in [3.63, 3.8) is 0 Å². The minimum Gasteiger partial charge on any atom is -0.454 e. The van der Waals surface area contributed by atoms with Gasteiger partial charge in [-0.3, -0.25) is 0 Å². The molecule has 4 heteroatoms. The van der Waals surface area contributed by atoms with Gasteiger partial charge in [-0.05, 0) is 35.7 Å². The van der Waals surface area contributed by atoms with Crippen molar-refractivity contribution in [1.29, 1.82) is 0 Å². The van der Waals surface area contributed by atoms with Gasteiger partial charge in [0.15, 0.2) is 11.5 Å². The molecule has 2 aliphatic heterocycles. The van der Waals surface area contributed by atoms with E-state index in [0.29, 0.717) is 6.79 Å². The molecule has 0 unspecified atom stereocenters. The zero-order valence-corrected chi connectivity index (χ0v) is 10.7. The zero-order valence-electron chi connectivity index (χ0n) is 10.7. The fourth-order valence-corrected chi connectivity index (χ4v) is 2.66. The molecular formula is C15H14N2O2. The van der Waals surface area contributed by atoms with E-state index in [-0.39, 0.29) is 0 Å². The molecular weight excluding hydrogens is 240 g/mol. The number of ether oxygens (including phenoxy) is 2. The number of aromatic nitrogens is 1. The molecule has 0 aliphatic carbocycles. The summed E-state index contributed by atoms with van der Waals surface area (Å²) < 4.78 is 10.8. The van der Waals surface area contributed by atoms with E-state index in [9.17, 15) is 0 Å². The lowest BCUT2D eigenvalue weighted by Crippen LogP contribution is -2.13. The summed E-state index contributed by atoms with van der Waals surface area (Å²) >= 11 is 0. The molecule has 3 heterocycles. The smallest absolute Gasteiger partial charge is 0.231 e. The summed E-state index contributed by atoms with van der Waals surface area (Å²) in [6.45, 7) is 1.36. The molecule has 0 spiro atoms. The van der Waals surface area contributed by atoms with Crippen LogP contribution in [-0.4, -0.2) is 25.4 Å². The van der Waals surface area contributed by atoms with Crippen LogP contribution in [0.1, 0.15) is 5.56 Å². The van der Waals surface area contributed by atoms with Crippen LogP contribution >= 0.6 is 0 Å². The summed E-state index contributed by atoms with van der Waals surface area (Å²) in [4.78, 5) is 6.76. The van der Waals surface area contributed by atoms with Gasteiger partial charge in [-0.25, -0.2) is 4.98 Å². The number of anilines is 1. The predicted molar refractivity (Wildman–Crippen MR) is 72.8 cm³/mol. The van der Waals surface area contributed by atoms with Crippen LogP contribution in [0.25, 0.3) is 11.1 Å². The maximum Gasteiger partial charge on any atom is 0.231 e. The lowest BCUT2D eigenvalue weighted by atomic mass is 10.0. The fraction of sp³-hybridized carbons (Fsp3) is 0.267. The van der Waals surface area contributed by atoms with Gasteiger partial charge in [0.25, 0.3) is 0 Å². The third kappa shape index (κ3) is 1.63. The highest BCUT2D eigenvalue weighted by Gasteiger charge is 2.19. The van der Waals surface area contributed by atoms with E-state index in [2.05, 4.69) is 29.1 Å². The molecule has 1 aromatic carbocycles. The largest absolute Gasteiger partial charge is 0.454 e. The number of hydrogen-bond acceptors (Lipinski definition) is 4. The first-order chi connectivity index (χ1) is 9.31. The van der Waals surface area contributed by atoms with Gasteiger partial charge >= 0.3 is 0 Å². The zero-order chi connectivity index (χ0) is 12.8. The Morgan fingerprint density at radius 2 is 2.00 bits per heavy atom. The SMILES string of the molecule is CN1CCc2cc(-c3ccc4c(c3)OCO4)cnc21. The normalized spacial score (nSPS) is 15.7. The van der Waals surface area contributed by atoms with E-state index in [1.54, 1.807) is 0 Å². The topological polar surface area (TPSA) is 34.6 Å². The minimum atomic E-state index is 0.312. The van der Waals surface area contributed by atoms with Crippen LogP contribution in [0.4, 0.5) is 5.82 Å². The number of rotatable bonds is 1. The van der Waals surface area contributed by atoms with Gasteiger partial charge in [-0.1, -0.05) is 6.07 Å². The van der Waals surface area contributed by atoms with Crippen LogP contribution in [0.5, 0.6) is 11.5 Å². The van der Waals surface area contributed by atoms with E-state index in [1.807, 2.05) is 18.3 Å². The maximum atomic E-state index is 5.42. The summed E-state index contributed by atoms with van der Waals surface area (Å²) in [6, 6.07) is 8.25. The first-order valence-corrected chi connectivity index (χ1v) is 6.41. The quantitative estimate of drug-likeness (QED) is 0.783. The van der Waals surface area contributed by atoms with E-state index in [0.717, 1.165) is 41.4 Å².